The summed E-state index contributed by atoms with van der Waals surface area (Å²) >= 11 is 0. The van der Waals surface area contributed by atoms with Gasteiger partial charge in [0.05, 0.1) is 13.2 Å². The van der Waals surface area contributed by atoms with Crippen molar-refractivity contribution in [2.24, 2.45) is 5.90 Å². The van der Waals surface area contributed by atoms with E-state index in [1.807, 2.05) is 0 Å². The lowest BCUT2D eigenvalue weighted by molar-refractivity contribution is 0.0467. The van der Waals surface area contributed by atoms with Crippen molar-refractivity contribution < 1.29 is 9.57 Å². The maximum atomic E-state index is 5.11. The third-order valence-electron chi connectivity index (χ3n) is 0.988. The van der Waals surface area contributed by atoms with Crippen LogP contribution in [-0.2, 0) is 9.57 Å². The van der Waals surface area contributed by atoms with Gasteiger partial charge in [0.15, 0.2) is 0 Å². The Morgan fingerprint density at radius 1 is 1.22 bits per heavy atom. The second-order valence-electron chi connectivity index (χ2n) is 1.84. The smallest absolute Gasteiger partial charge is 0.0913 e. The number of ether oxygens (including phenoxy) is 1. The Morgan fingerprint density at radius 3 is 2.56 bits per heavy atom. The van der Waals surface area contributed by atoms with Gasteiger partial charge in [-0.25, -0.2) is 5.90 Å². The molecule has 0 unspecified atom stereocenters. The minimum absolute atomic E-state index is 0.490. The second-order valence-corrected chi connectivity index (χ2v) is 1.84. The normalized spacial score (nSPS) is 10.0. The molecule has 3 nitrogen and oxygen atoms in total. The third kappa shape index (κ3) is 7.88. The van der Waals surface area contributed by atoms with Crippen LogP contribution in [0.15, 0.2) is 0 Å². The molecule has 0 amide bonds. The van der Waals surface area contributed by atoms with E-state index in [2.05, 4.69) is 11.8 Å². The summed E-state index contributed by atoms with van der Waals surface area (Å²) in [5.41, 5.74) is 0. The Morgan fingerprint density at radius 2 is 2.00 bits per heavy atom. The highest BCUT2D eigenvalue weighted by molar-refractivity contribution is 4.31. The summed E-state index contributed by atoms with van der Waals surface area (Å²) in [4.78, 5) is 4.30. The summed E-state index contributed by atoms with van der Waals surface area (Å²) in [5, 5.41) is 0. The molecule has 0 aromatic heterocycles. The summed E-state index contributed by atoms with van der Waals surface area (Å²) in [6, 6.07) is 0. The van der Waals surface area contributed by atoms with Crippen LogP contribution in [0, 0.1) is 0 Å². The lowest BCUT2D eigenvalue weighted by Gasteiger charge is -1.99. The van der Waals surface area contributed by atoms with Crippen molar-refractivity contribution in [3.05, 3.63) is 0 Å². The summed E-state index contributed by atoms with van der Waals surface area (Å²) in [7, 11) is 0. The number of rotatable bonds is 6. The highest BCUT2D eigenvalue weighted by Crippen LogP contribution is 1.86. The summed E-state index contributed by atoms with van der Waals surface area (Å²) in [6.45, 7) is 4.04. The number of unbranched alkanes of at least 4 members (excludes halogenated alkanes) is 1. The Hall–Kier alpha value is -0.120. The molecule has 0 aromatic carbocycles. The van der Waals surface area contributed by atoms with Crippen LogP contribution in [0.5, 0.6) is 0 Å². The van der Waals surface area contributed by atoms with Gasteiger partial charge < -0.3 is 9.57 Å². The van der Waals surface area contributed by atoms with Crippen LogP contribution < -0.4 is 5.90 Å². The summed E-state index contributed by atoms with van der Waals surface area (Å²) in [6.07, 6.45) is 2.29. The molecular weight excluding hydrogens is 118 g/mol. The first kappa shape index (κ1) is 8.88. The van der Waals surface area contributed by atoms with Crippen LogP contribution in [0.4, 0.5) is 0 Å². The first-order chi connectivity index (χ1) is 4.41. The van der Waals surface area contributed by atoms with Crippen molar-refractivity contribution in [2.45, 2.75) is 19.8 Å². The van der Waals surface area contributed by atoms with Crippen molar-refractivity contribution in [3.63, 3.8) is 0 Å². The van der Waals surface area contributed by atoms with Crippen LogP contribution in [-0.4, -0.2) is 19.8 Å². The molecule has 0 aliphatic carbocycles. The maximum absolute atomic E-state index is 5.11. The predicted molar refractivity (Wildman–Crippen MR) is 35.9 cm³/mol. The molecule has 0 heterocycles. The quantitative estimate of drug-likeness (QED) is 0.428. The van der Waals surface area contributed by atoms with Crippen molar-refractivity contribution in [3.8, 4) is 0 Å². The van der Waals surface area contributed by atoms with Crippen molar-refractivity contribution in [1.82, 2.24) is 0 Å². The van der Waals surface area contributed by atoms with Gasteiger partial charge in [0.25, 0.3) is 0 Å². The first-order valence-electron chi connectivity index (χ1n) is 3.31. The standard InChI is InChI=1S/C6H15NO2/c1-2-3-4-8-5-6-9-7/h2-7H2,1H3. The molecule has 9 heavy (non-hydrogen) atoms. The minimum atomic E-state index is 0.490. The van der Waals surface area contributed by atoms with E-state index in [0.29, 0.717) is 13.2 Å². The van der Waals surface area contributed by atoms with Crippen LogP contribution in [0.1, 0.15) is 19.8 Å². The zero-order valence-electron chi connectivity index (χ0n) is 5.93. The van der Waals surface area contributed by atoms with E-state index in [0.717, 1.165) is 13.0 Å². The van der Waals surface area contributed by atoms with Crippen molar-refractivity contribution >= 4 is 0 Å². The molecule has 0 aromatic rings. The molecule has 3 heteroatoms. The zero-order valence-corrected chi connectivity index (χ0v) is 5.93. The molecule has 0 aliphatic heterocycles. The largest absolute Gasteiger partial charge is 0.379 e. The average molecular weight is 133 g/mol. The van der Waals surface area contributed by atoms with Crippen LogP contribution in [0.3, 0.4) is 0 Å². The van der Waals surface area contributed by atoms with Crippen LogP contribution in [0.2, 0.25) is 0 Å². The van der Waals surface area contributed by atoms with E-state index in [4.69, 9.17) is 10.6 Å². The van der Waals surface area contributed by atoms with E-state index in [9.17, 15) is 0 Å². The first-order valence-corrected chi connectivity index (χ1v) is 3.31. The van der Waals surface area contributed by atoms with E-state index < -0.39 is 0 Å². The fourth-order valence-electron chi connectivity index (χ4n) is 0.455. The predicted octanol–water partition coefficient (Wildman–Crippen LogP) is 0.693. The number of nitrogens with two attached hydrogens (primary N) is 1. The van der Waals surface area contributed by atoms with Gasteiger partial charge in [-0.3, -0.25) is 0 Å². The Bertz CT molecular complexity index is 44.3. The van der Waals surface area contributed by atoms with E-state index >= 15 is 0 Å². The third-order valence-corrected chi connectivity index (χ3v) is 0.988. The van der Waals surface area contributed by atoms with Crippen molar-refractivity contribution in [2.75, 3.05) is 19.8 Å². The number of hydrogen-bond donors (Lipinski definition) is 1. The van der Waals surface area contributed by atoms with Gasteiger partial charge in [-0.05, 0) is 6.42 Å². The molecule has 0 aliphatic rings. The molecule has 56 valence electrons. The Labute approximate surface area is 56.1 Å². The molecule has 0 saturated heterocycles. The molecule has 0 fully saturated rings. The van der Waals surface area contributed by atoms with Gasteiger partial charge in [0.1, 0.15) is 0 Å². The summed E-state index contributed by atoms with van der Waals surface area (Å²) in [5.74, 6) is 4.76. The van der Waals surface area contributed by atoms with Crippen LogP contribution >= 0.6 is 0 Å². The lowest BCUT2D eigenvalue weighted by atomic mass is 10.4. The second kappa shape index (κ2) is 7.88. The average Bonchev–Trinajstić information content (AvgIpc) is 1.89. The minimum Gasteiger partial charge on any atom is -0.379 e. The van der Waals surface area contributed by atoms with Gasteiger partial charge in [0, 0.05) is 6.61 Å². The Balaban J connectivity index is 2.60. The van der Waals surface area contributed by atoms with E-state index in [1.165, 1.54) is 6.42 Å². The summed E-state index contributed by atoms with van der Waals surface area (Å²) < 4.78 is 5.11. The van der Waals surface area contributed by atoms with Gasteiger partial charge in [-0.15, -0.1) is 0 Å². The fourth-order valence-corrected chi connectivity index (χ4v) is 0.455. The van der Waals surface area contributed by atoms with Crippen LogP contribution in [0.25, 0.3) is 0 Å². The SMILES string of the molecule is CCCCOCCON. The molecule has 0 bridgehead atoms. The molecule has 2 N–H and O–H groups in total. The van der Waals surface area contributed by atoms with Gasteiger partial charge in [-0.2, -0.15) is 0 Å². The molecular formula is C6H15NO2. The molecule has 0 rings (SSSR count). The van der Waals surface area contributed by atoms with E-state index in [1.54, 1.807) is 0 Å². The van der Waals surface area contributed by atoms with Gasteiger partial charge in [0.2, 0.25) is 0 Å². The highest BCUT2D eigenvalue weighted by Gasteiger charge is 1.84. The molecule has 0 radical (unpaired) electrons. The van der Waals surface area contributed by atoms with Crippen molar-refractivity contribution in [1.29, 1.82) is 0 Å². The lowest BCUT2D eigenvalue weighted by Crippen LogP contribution is -2.08. The number of hydrogen-bond acceptors (Lipinski definition) is 3. The Kier molecular flexibility index (Phi) is 7.77. The molecule has 0 saturated carbocycles. The maximum Gasteiger partial charge on any atom is 0.0913 e. The van der Waals surface area contributed by atoms with Gasteiger partial charge in [-0.1, -0.05) is 13.3 Å². The highest BCUT2D eigenvalue weighted by atomic mass is 16.6. The monoisotopic (exact) mass is 133 g/mol. The topological polar surface area (TPSA) is 44.5 Å². The molecule has 0 atom stereocenters. The molecule has 0 spiro atoms. The van der Waals surface area contributed by atoms with Gasteiger partial charge >= 0.3 is 0 Å². The fraction of sp³-hybridized carbons (Fsp3) is 1.00. The van der Waals surface area contributed by atoms with E-state index in [-0.39, 0.29) is 0 Å². The zero-order chi connectivity index (χ0) is 6.95.